The minimum absolute atomic E-state index is 0.129. The number of carbonyl (C=O) groups excluding carboxylic acids is 4. The van der Waals surface area contributed by atoms with Crippen LogP contribution in [0.3, 0.4) is 0 Å². The zero-order chi connectivity index (χ0) is 23.5. The first-order valence-electron chi connectivity index (χ1n) is 11.4. The maximum Gasteiger partial charge on any atom is 0.325 e. The maximum absolute atomic E-state index is 13.1. The number of carbonyl (C=O) groups is 4. The first-order valence-corrected chi connectivity index (χ1v) is 11.4. The average Bonchev–Trinajstić information content (AvgIpc) is 2.98. The van der Waals surface area contributed by atoms with E-state index in [1.54, 1.807) is 31.2 Å². The number of hydrogen-bond donors (Lipinski definition) is 3. The summed E-state index contributed by atoms with van der Waals surface area (Å²) in [5.74, 6) is -0.393. The standard InChI is InChI=1S/C24H34N4O4/c1-5-19(29)25-17-8-7-9-18(14-17)26-20(30)15-28-21(31)24(27-22(28)32)12-10-16(11-13-24)23(3,4)6-2/h7-9,14,16H,5-6,10-13,15H2,1-4H3,(H,25,29)(H,26,30)(H,27,32). The van der Waals surface area contributed by atoms with Crippen molar-refractivity contribution < 1.29 is 19.2 Å². The quantitative estimate of drug-likeness (QED) is 0.557. The maximum atomic E-state index is 13.1. The summed E-state index contributed by atoms with van der Waals surface area (Å²) in [4.78, 5) is 50.8. The van der Waals surface area contributed by atoms with Gasteiger partial charge in [0.15, 0.2) is 0 Å². The van der Waals surface area contributed by atoms with Crippen molar-refractivity contribution in [3.05, 3.63) is 24.3 Å². The van der Waals surface area contributed by atoms with Gasteiger partial charge in [0.2, 0.25) is 11.8 Å². The van der Waals surface area contributed by atoms with Crippen LogP contribution in [0, 0.1) is 11.3 Å². The molecule has 0 bridgehead atoms. The molecule has 1 heterocycles. The third kappa shape index (κ3) is 4.95. The molecule has 1 saturated carbocycles. The van der Waals surface area contributed by atoms with Gasteiger partial charge in [-0.25, -0.2) is 4.79 Å². The molecule has 0 aromatic heterocycles. The number of amides is 5. The Morgan fingerprint density at radius 1 is 1.09 bits per heavy atom. The Labute approximate surface area is 189 Å². The van der Waals surface area contributed by atoms with Gasteiger partial charge in [-0.3, -0.25) is 19.3 Å². The highest BCUT2D eigenvalue weighted by molar-refractivity contribution is 6.10. The van der Waals surface area contributed by atoms with Crippen LogP contribution in [0.2, 0.25) is 0 Å². The molecule has 0 radical (unpaired) electrons. The molecule has 1 aliphatic heterocycles. The van der Waals surface area contributed by atoms with Gasteiger partial charge >= 0.3 is 6.03 Å². The second-order valence-electron chi connectivity index (χ2n) is 9.55. The van der Waals surface area contributed by atoms with Gasteiger partial charge in [0, 0.05) is 17.8 Å². The summed E-state index contributed by atoms with van der Waals surface area (Å²) in [6.07, 6.45) is 4.38. The Morgan fingerprint density at radius 3 is 2.25 bits per heavy atom. The summed E-state index contributed by atoms with van der Waals surface area (Å²) in [5, 5.41) is 8.31. The molecule has 1 spiro atoms. The summed E-state index contributed by atoms with van der Waals surface area (Å²) in [5.41, 5.74) is 0.364. The highest BCUT2D eigenvalue weighted by Gasteiger charge is 2.53. The molecule has 2 aliphatic rings. The molecule has 8 heteroatoms. The van der Waals surface area contributed by atoms with Crippen molar-refractivity contribution in [2.45, 2.75) is 71.8 Å². The number of nitrogens with one attached hydrogen (secondary N) is 3. The number of anilines is 2. The summed E-state index contributed by atoms with van der Waals surface area (Å²) in [7, 11) is 0. The van der Waals surface area contributed by atoms with E-state index in [4.69, 9.17) is 0 Å². The minimum atomic E-state index is -0.887. The van der Waals surface area contributed by atoms with Gasteiger partial charge < -0.3 is 16.0 Å². The zero-order valence-electron chi connectivity index (χ0n) is 19.4. The lowest BCUT2D eigenvalue weighted by molar-refractivity contribution is -0.135. The fourth-order valence-corrected chi connectivity index (χ4v) is 4.61. The summed E-state index contributed by atoms with van der Waals surface area (Å²) in [6, 6.07) is 6.24. The Morgan fingerprint density at radius 2 is 1.69 bits per heavy atom. The van der Waals surface area contributed by atoms with Gasteiger partial charge in [0.25, 0.3) is 5.91 Å². The van der Waals surface area contributed by atoms with Gasteiger partial charge in [0.05, 0.1) is 0 Å². The largest absolute Gasteiger partial charge is 0.326 e. The van der Waals surface area contributed by atoms with E-state index in [0.717, 1.165) is 24.2 Å². The Bertz CT molecular complexity index is 903. The number of nitrogens with zero attached hydrogens (tertiary/aromatic N) is 1. The normalized spacial score (nSPS) is 23.2. The molecule has 1 aliphatic carbocycles. The first kappa shape index (κ1) is 23.8. The molecule has 1 saturated heterocycles. The van der Waals surface area contributed by atoms with Crippen LogP contribution in [0.25, 0.3) is 0 Å². The first-order chi connectivity index (χ1) is 15.1. The summed E-state index contributed by atoms with van der Waals surface area (Å²) in [6.45, 7) is 8.10. The van der Waals surface area contributed by atoms with Crippen LogP contribution >= 0.6 is 0 Å². The number of benzene rings is 1. The van der Waals surface area contributed by atoms with Gasteiger partial charge in [0.1, 0.15) is 12.1 Å². The monoisotopic (exact) mass is 442 g/mol. The summed E-state index contributed by atoms with van der Waals surface area (Å²) < 4.78 is 0. The molecule has 3 rings (SSSR count). The number of rotatable bonds is 7. The third-order valence-corrected chi connectivity index (χ3v) is 7.15. The Hall–Kier alpha value is -2.90. The second-order valence-corrected chi connectivity index (χ2v) is 9.55. The SMILES string of the molecule is CCC(=O)Nc1cccc(NC(=O)CN2C(=O)NC3(CCC(C(C)(C)CC)CC3)C2=O)c1. The second kappa shape index (κ2) is 9.30. The van der Waals surface area contributed by atoms with E-state index in [-0.39, 0.29) is 23.8 Å². The van der Waals surface area contributed by atoms with E-state index in [0.29, 0.717) is 36.6 Å². The van der Waals surface area contributed by atoms with Crippen LogP contribution in [-0.4, -0.2) is 40.7 Å². The zero-order valence-corrected chi connectivity index (χ0v) is 19.4. The van der Waals surface area contributed by atoms with Crippen LogP contribution in [0.4, 0.5) is 16.2 Å². The lowest BCUT2D eigenvalue weighted by atomic mass is 9.65. The van der Waals surface area contributed by atoms with E-state index in [1.807, 2.05) is 0 Å². The van der Waals surface area contributed by atoms with Crippen molar-refractivity contribution in [3.63, 3.8) is 0 Å². The molecular formula is C24H34N4O4. The molecule has 1 aromatic rings. The summed E-state index contributed by atoms with van der Waals surface area (Å²) >= 11 is 0. The van der Waals surface area contributed by atoms with Crippen molar-refractivity contribution in [1.82, 2.24) is 10.2 Å². The minimum Gasteiger partial charge on any atom is -0.326 e. The molecule has 32 heavy (non-hydrogen) atoms. The van der Waals surface area contributed by atoms with E-state index in [9.17, 15) is 19.2 Å². The predicted molar refractivity (Wildman–Crippen MR) is 123 cm³/mol. The van der Waals surface area contributed by atoms with Crippen molar-refractivity contribution in [2.24, 2.45) is 11.3 Å². The Kier molecular flexibility index (Phi) is 6.91. The average molecular weight is 443 g/mol. The van der Waals surface area contributed by atoms with Gasteiger partial charge in [-0.1, -0.05) is 40.2 Å². The van der Waals surface area contributed by atoms with Gasteiger partial charge in [-0.2, -0.15) is 0 Å². The molecule has 2 fully saturated rings. The lowest BCUT2D eigenvalue weighted by Gasteiger charge is -2.42. The smallest absolute Gasteiger partial charge is 0.325 e. The molecule has 1 aromatic carbocycles. The number of urea groups is 1. The van der Waals surface area contributed by atoms with Crippen LogP contribution < -0.4 is 16.0 Å². The lowest BCUT2D eigenvalue weighted by Crippen LogP contribution is -2.51. The van der Waals surface area contributed by atoms with Crippen molar-refractivity contribution in [1.29, 1.82) is 0 Å². The third-order valence-electron chi connectivity index (χ3n) is 7.15. The Balaban J connectivity index is 1.61. The number of hydrogen-bond acceptors (Lipinski definition) is 4. The molecule has 5 amide bonds. The predicted octanol–water partition coefficient (Wildman–Crippen LogP) is 3.89. The van der Waals surface area contributed by atoms with E-state index >= 15 is 0 Å². The van der Waals surface area contributed by atoms with E-state index < -0.39 is 17.5 Å². The van der Waals surface area contributed by atoms with Crippen LogP contribution in [-0.2, 0) is 14.4 Å². The highest BCUT2D eigenvalue weighted by Crippen LogP contribution is 2.45. The highest BCUT2D eigenvalue weighted by atomic mass is 16.2. The van der Waals surface area contributed by atoms with Crippen molar-refractivity contribution in [3.8, 4) is 0 Å². The van der Waals surface area contributed by atoms with Gasteiger partial charge in [-0.15, -0.1) is 0 Å². The molecule has 3 N–H and O–H groups in total. The number of imide groups is 1. The van der Waals surface area contributed by atoms with Crippen LogP contribution in [0.1, 0.15) is 66.2 Å². The van der Waals surface area contributed by atoms with Crippen molar-refractivity contribution >= 4 is 35.1 Å². The molecular weight excluding hydrogens is 408 g/mol. The topological polar surface area (TPSA) is 108 Å². The molecule has 174 valence electrons. The van der Waals surface area contributed by atoms with E-state index in [2.05, 4.69) is 36.7 Å². The fourth-order valence-electron chi connectivity index (χ4n) is 4.61. The van der Waals surface area contributed by atoms with Gasteiger partial charge in [-0.05, 0) is 55.2 Å². The van der Waals surface area contributed by atoms with Crippen LogP contribution in [0.5, 0.6) is 0 Å². The molecule has 0 atom stereocenters. The van der Waals surface area contributed by atoms with Crippen LogP contribution in [0.15, 0.2) is 24.3 Å². The molecule has 8 nitrogen and oxygen atoms in total. The fraction of sp³-hybridized carbons (Fsp3) is 0.583. The van der Waals surface area contributed by atoms with Crippen molar-refractivity contribution in [2.75, 3.05) is 17.2 Å². The van der Waals surface area contributed by atoms with E-state index in [1.165, 1.54) is 0 Å². The molecule has 0 unspecified atom stereocenters.